The van der Waals surface area contributed by atoms with Gasteiger partial charge in [-0.3, -0.25) is 0 Å². The van der Waals surface area contributed by atoms with E-state index in [0.29, 0.717) is 6.04 Å². The maximum Gasteiger partial charge on any atom is 0.0866 e. The van der Waals surface area contributed by atoms with Crippen LogP contribution in [0.15, 0.2) is 6.20 Å². The van der Waals surface area contributed by atoms with Gasteiger partial charge in [-0.2, -0.15) is 0 Å². The lowest BCUT2D eigenvalue weighted by Crippen LogP contribution is -2.28. The van der Waals surface area contributed by atoms with Gasteiger partial charge in [-0.15, -0.1) is 5.10 Å². The third-order valence-electron chi connectivity index (χ3n) is 2.42. The summed E-state index contributed by atoms with van der Waals surface area (Å²) in [6.07, 6.45) is 4.02. The number of aliphatic hydroxyl groups is 1. The number of hydrogen-bond donors (Lipinski definition) is 2. The van der Waals surface area contributed by atoms with Crippen LogP contribution in [0.25, 0.3) is 0 Å². The molecule has 5 nitrogen and oxygen atoms in total. The predicted molar refractivity (Wildman–Crippen MR) is 47.0 cm³/mol. The number of nitrogens with one attached hydrogen (secondary N) is 1. The van der Waals surface area contributed by atoms with Gasteiger partial charge < -0.3 is 10.4 Å². The third-order valence-corrected chi connectivity index (χ3v) is 2.42. The van der Waals surface area contributed by atoms with E-state index in [9.17, 15) is 0 Å². The summed E-state index contributed by atoms with van der Waals surface area (Å²) in [5, 5.41) is 20.0. The van der Waals surface area contributed by atoms with Gasteiger partial charge in [0.25, 0.3) is 0 Å². The van der Waals surface area contributed by atoms with E-state index in [-0.39, 0.29) is 6.61 Å². The standard InChI is InChI=1S/C8H14N4O/c13-6-8-4-10-11-12(8)5-7-2-1-3-9-7/h4,7,9,13H,1-3,5-6H2. The molecular weight excluding hydrogens is 168 g/mol. The molecule has 1 aliphatic rings. The molecule has 2 N–H and O–H groups in total. The maximum atomic E-state index is 8.96. The molecule has 72 valence electrons. The lowest BCUT2D eigenvalue weighted by Gasteiger charge is -2.10. The minimum absolute atomic E-state index is 0.0136. The molecule has 1 fully saturated rings. The Labute approximate surface area is 76.8 Å². The molecule has 1 aromatic rings. The first-order valence-electron chi connectivity index (χ1n) is 4.62. The van der Waals surface area contributed by atoms with Crippen LogP contribution in [0.4, 0.5) is 0 Å². The summed E-state index contributed by atoms with van der Waals surface area (Å²) >= 11 is 0. The molecule has 2 rings (SSSR count). The van der Waals surface area contributed by atoms with Gasteiger partial charge in [0.05, 0.1) is 25.0 Å². The third kappa shape index (κ3) is 1.87. The van der Waals surface area contributed by atoms with Crippen LogP contribution >= 0.6 is 0 Å². The van der Waals surface area contributed by atoms with Crippen LogP contribution in [0.5, 0.6) is 0 Å². The monoisotopic (exact) mass is 182 g/mol. The molecule has 0 saturated carbocycles. The zero-order valence-electron chi connectivity index (χ0n) is 7.48. The van der Waals surface area contributed by atoms with Crippen LogP contribution in [0.2, 0.25) is 0 Å². The first-order chi connectivity index (χ1) is 6.40. The van der Waals surface area contributed by atoms with E-state index < -0.39 is 0 Å². The molecule has 5 heteroatoms. The molecule has 0 radical (unpaired) electrons. The molecule has 1 aliphatic heterocycles. The fraction of sp³-hybridized carbons (Fsp3) is 0.750. The minimum Gasteiger partial charge on any atom is -0.390 e. The summed E-state index contributed by atoms with van der Waals surface area (Å²) in [5.41, 5.74) is 0.786. The summed E-state index contributed by atoms with van der Waals surface area (Å²) in [6.45, 7) is 1.92. The topological polar surface area (TPSA) is 63.0 Å². The van der Waals surface area contributed by atoms with E-state index in [1.165, 1.54) is 12.8 Å². The zero-order valence-corrected chi connectivity index (χ0v) is 7.48. The average molecular weight is 182 g/mol. The molecular formula is C8H14N4O. The second-order valence-corrected chi connectivity index (χ2v) is 3.36. The number of hydrogen-bond acceptors (Lipinski definition) is 4. The number of nitrogens with zero attached hydrogens (tertiary/aromatic N) is 3. The highest BCUT2D eigenvalue weighted by Gasteiger charge is 2.15. The van der Waals surface area contributed by atoms with Gasteiger partial charge in [0.15, 0.2) is 0 Å². The Morgan fingerprint density at radius 1 is 1.69 bits per heavy atom. The highest BCUT2D eigenvalue weighted by Crippen LogP contribution is 2.08. The van der Waals surface area contributed by atoms with Gasteiger partial charge in [0.1, 0.15) is 0 Å². The first-order valence-corrected chi connectivity index (χ1v) is 4.62. The molecule has 1 saturated heterocycles. The van der Waals surface area contributed by atoms with Crippen molar-refractivity contribution in [1.82, 2.24) is 20.3 Å². The highest BCUT2D eigenvalue weighted by molar-refractivity contribution is 4.92. The second kappa shape index (κ2) is 3.85. The van der Waals surface area contributed by atoms with Gasteiger partial charge in [-0.25, -0.2) is 4.68 Å². The van der Waals surface area contributed by atoms with Gasteiger partial charge in [0.2, 0.25) is 0 Å². The summed E-state index contributed by atoms with van der Waals surface area (Å²) in [7, 11) is 0. The minimum atomic E-state index is 0.0136. The average Bonchev–Trinajstić information content (AvgIpc) is 2.76. The van der Waals surface area contributed by atoms with Gasteiger partial charge >= 0.3 is 0 Å². The molecule has 13 heavy (non-hydrogen) atoms. The smallest absolute Gasteiger partial charge is 0.0866 e. The van der Waals surface area contributed by atoms with E-state index >= 15 is 0 Å². The van der Waals surface area contributed by atoms with Crippen molar-refractivity contribution >= 4 is 0 Å². The van der Waals surface area contributed by atoms with E-state index in [4.69, 9.17) is 5.11 Å². The summed E-state index contributed by atoms with van der Waals surface area (Å²) in [6, 6.07) is 0.493. The molecule has 0 amide bonds. The maximum absolute atomic E-state index is 8.96. The molecule has 1 atom stereocenters. The van der Waals surface area contributed by atoms with Crippen molar-refractivity contribution in [2.75, 3.05) is 6.54 Å². The van der Waals surface area contributed by atoms with Crippen LogP contribution in [0.3, 0.4) is 0 Å². The van der Waals surface area contributed by atoms with Crippen molar-refractivity contribution in [1.29, 1.82) is 0 Å². The molecule has 0 spiro atoms. The van der Waals surface area contributed by atoms with Crippen LogP contribution in [-0.4, -0.2) is 32.7 Å². The van der Waals surface area contributed by atoms with Crippen molar-refractivity contribution in [3.8, 4) is 0 Å². The fourth-order valence-corrected chi connectivity index (χ4v) is 1.68. The lowest BCUT2D eigenvalue weighted by molar-refractivity contribution is 0.265. The van der Waals surface area contributed by atoms with Crippen molar-refractivity contribution in [2.24, 2.45) is 0 Å². The molecule has 1 aromatic heterocycles. The first kappa shape index (κ1) is 8.65. The van der Waals surface area contributed by atoms with Gasteiger partial charge in [-0.05, 0) is 19.4 Å². The fourth-order valence-electron chi connectivity index (χ4n) is 1.68. The highest BCUT2D eigenvalue weighted by atomic mass is 16.3. The molecule has 0 aromatic carbocycles. The van der Waals surface area contributed by atoms with E-state index in [0.717, 1.165) is 18.8 Å². The van der Waals surface area contributed by atoms with Crippen LogP contribution < -0.4 is 5.32 Å². The Morgan fingerprint density at radius 3 is 3.31 bits per heavy atom. The number of rotatable bonds is 3. The largest absolute Gasteiger partial charge is 0.390 e. The lowest BCUT2D eigenvalue weighted by atomic mass is 10.2. The van der Waals surface area contributed by atoms with Crippen LogP contribution in [0, 0.1) is 0 Å². The van der Waals surface area contributed by atoms with E-state index in [1.807, 2.05) is 0 Å². The predicted octanol–water partition coefficient (Wildman–Crippen LogP) is -0.478. The van der Waals surface area contributed by atoms with Crippen LogP contribution in [0.1, 0.15) is 18.5 Å². The second-order valence-electron chi connectivity index (χ2n) is 3.36. The Bertz CT molecular complexity index is 267. The molecule has 1 unspecified atom stereocenters. The van der Waals surface area contributed by atoms with Gasteiger partial charge in [-0.1, -0.05) is 5.21 Å². The van der Waals surface area contributed by atoms with Gasteiger partial charge in [0, 0.05) is 6.04 Å². The zero-order chi connectivity index (χ0) is 9.10. The molecule has 2 heterocycles. The Morgan fingerprint density at radius 2 is 2.62 bits per heavy atom. The van der Waals surface area contributed by atoms with E-state index in [1.54, 1.807) is 10.9 Å². The SMILES string of the molecule is OCc1cnnn1CC1CCCN1. The summed E-state index contributed by atoms with van der Waals surface area (Å²) in [4.78, 5) is 0. The normalized spacial score (nSPS) is 22.4. The van der Waals surface area contributed by atoms with E-state index in [2.05, 4.69) is 15.6 Å². The van der Waals surface area contributed by atoms with Crippen molar-refractivity contribution in [3.63, 3.8) is 0 Å². The van der Waals surface area contributed by atoms with Crippen molar-refractivity contribution in [2.45, 2.75) is 32.0 Å². The summed E-state index contributed by atoms with van der Waals surface area (Å²) in [5.74, 6) is 0. The number of aliphatic hydroxyl groups excluding tert-OH is 1. The Kier molecular flexibility index (Phi) is 2.56. The quantitative estimate of drug-likeness (QED) is 0.663. The molecule has 0 bridgehead atoms. The molecule has 0 aliphatic carbocycles. The van der Waals surface area contributed by atoms with Crippen LogP contribution in [-0.2, 0) is 13.2 Å². The number of aromatic nitrogens is 3. The Hall–Kier alpha value is -0.940. The van der Waals surface area contributed by atoms with Crippen molar-refractivity contribution < 1.29 is 5.11 Å². The summed E-state index contributed by atoms with van der Waals surface area (Å²) < 4.78 is 1.77. The Balaban J connectivity index is 1.99. The van der Waals surface area contributed by atoms with Crippen molar-refractivity contribution in [3.05, 3.63) is 11.9 Å².